The average Bonchev–Trinajstić information content (AvgIpc) is 2.39. The minimum atomic E-state index is -0.326. The number of hydrogen-bond donors (Lipinski definition) is 2. The van der Waals surface area contributed by atoms with Crippen molar-refractivity contribution in [2.24, 2.45) is 0 Å². The molecule has 0 spiro atoms. The van der Waals surface area contributed by atoms with E-state index in [-0.39, 0.29) is 16.7 Å². The van der Waals surface area contributed by atoms with E-state index in [1.807, 2.05) is 24.8 Å². The van der Waals surface area contributed by atoms with Gasteiger partial charge in [-0.25, -0.2) is 0 Å². The van der Waals surface area contributed by atoms with E-state index in [4.69, 9.17) is 0 Å². The van der Waals surface area contributed by atoms with E-state index in [1.54, 1.807) is 12.1 Å². The standard InChI is InChI=1S/C14H23N3O2S/c1-4-15-12-7-6-8-13(14(12)17(18)19)16-11(3)9-10-20-5-2/h6-8,11,15-16H,4-5,9-10H2,1-3H3. The molecule has 1 unspecified atom stereocenters. The van der Waals surface area contributed by atoms with Crippen LogP contribution in [0.15, 0.2) is 18.2 Å². The third-order valence-electron chi connectivity index (χ3n) is 2.89. The number of benzene rings is 1. The fraction of sp³-hybridized carbons (Fsp3) is 0.571. The van der Waals surface area contributed by atoms with Crippen LogP contribution in [-0.4, -0.2) is 29.0 Å². The van der Waals surface area contributed by atoms with Crippen molar-refractivity contribution in [3.8, 4) is 0 Å². The predicted molar refractivity (Wildman–Crippen MR) is 88.0 cm³/mol. The Morgan fingerprint density at radius 3 is 2.65 bits per heavy atom. The summed E-state index contributed by atoms with van der Waals surface area (Å²) in [7, 11) is 0. The number of anilines is 2. The fourth-order valence-corrected chi connectivity index (χ4v) is 2.74. The minimum Gasteiger partial charge on any atom is -0.380 e. The highest BCUT2D eigenvalue weighted by Crippen LogP contribution is 2.33. The molecule has 0 aliphatic carbocycles. The van der Waals surface area contributed by atoms with Gasteiger partial charge in [-0.1, -0.05) is 13.0 Å². The van der Waals surface area contributed by atoms with Gasteiger partial charge in [-0.05, 0) is 43.9 Å². The van der Waals surface area contributed by atoms with Crippen LogP contribution in [0.1, 0.15) is 27.2 Å². The molecule has 0 aliphatic heterocycles. The van der Waals surface area contributed by atoms with Crippen molar-refractivity contribution in [2.45, 2.75) is 33.2 Å². The molecular weight excluding hydrogens is 274 g/mol. The van der Waals surface area contributed by atoms with E-state index < -0.39 is 0 Å². The number of para-hydroxylation sites is 1. The van der Waals surface area contributed by atoms with Crippen LogP contribution in [0.4, 0.5) is 17.1 Å². The number of nitro benzene ring substituents is 1. The first-order valence-corrected chi connectivity index (χ1v) is 8.11. The lowest BCUT2D eigenvalue weighted by Crippen LogP contribution is -2.17. The summed E-state index contributed by atoms with van der Waals surface area (Å²) in [6.45, 7) is 6.77. The van der Waals surface area contributed by atoms with Gasteiger partial charge in [0, 0.05) is 12.6 Å². The van der Waals surface area contributed by atoms with Crippen molar-refractivity contribution < 1.29 is 4.92 Å². The molecule has 112 valence electrons. The maximum absolute atomic E-state index is 11.3. The summed E-state index contributed by atoms with van der Waals surface area (Å²) in [6.07, 6.45) is 0.987. The van der Waals surface area contributed by atoms with Crippen molar-refractivity contribution in [2.75, 3.05) is 28.7 Å². The predicted octanol–water partition coefficient (Wildman–Crippen LogP) is 3.97. The Morgan fingerprint density at radius 2 is 2.05 bits per heavy atom. The molecule has 1 rings (SSSR count). The molecule has 0 bridgehead atoms. The molecule has 6 heteroatoms. The van der Waals surface area contributed by atoms with Crippen LogP contribution in [0.3, 0.4) is 0 Å². The molecule has 0 saturated carbocycles. The number of rotatable bonds is 9. The molecule has 0 aliphatic rings. The summed E-state index contributed by atoms with van der Waals surface area (Å²) in [5, 5.41) is 17.6. The first kappa shape index (κ1) is 16.6. The zero-order chi connectivity index (χ0) is 15.0. The molecule has 20 heavy (non-hydrogen) atoms. The van der Waals surface area contributed by atoms with E-state index in [0.29, 0.717) is 17.9 Å². The zero-order valence-electron chi connectivity index (χ0n) is 12.3. The lowest BCUT2D eigenvalue weighted by atomic mass is 10.2. The van der Waals surface area contributed by atoms with E-state index in [1.165, 1.54) is 0 Å². The lowest BCUT2D eigenvalue weighted by molar-refractivity contribution is -0.383. The monoisotopic (exact) mass is 297 g/mol. The second-order valence-corrected chi connectivity index (χ2v) is 5.91. The van der Waals surface area contributed by atoms with Crippen molar-refractivity contribution in [1.82, 2.24) is 0 Å². The summed E-state index contributed by atoms with van der Waals surface area (Å²) in [5.41, 5.74) is 1.28. The SMILES string of the molecule is CCNc1cccc(NC(C)CCSCC)c1[N+](=O)[O-]. The molecule has 1 atom stereocenters. The average molecular weight is 297 g/mol. The third kappa shape index (κ3) is 4.92. The molecule has 0 heterocycles. The quantitative estimate of drug-likeness (QED) is 0.410. The van der Waals surface area contributed by atoms with Gasteiger partial charge < -0.3 is 10.6 Å². The maximum atomic E-state index is 11.3. The maximum Gasteiger partial charge on any atom is 0.315 e. The topological polar surface area (TPSA) is 67.2 Å². The van der Waals surface area contributed by atoms with Gasteiger partial charge in [-0.3, -0.25) is 10.1 Å². The molecule has 0 aromatic heterocycles. The smallest absolute Gasteiger partial charge is 0.315 e. The van der Waals surface area contributed by atoms with E-state index in [9.17, 15) is 10.1 Å². The molecule has 0 radical (unpaired) electrons. The van der Waals surface area contributed by atoms with Crippen LogP contribution < -0.4 is 10.6 Å². The fourth-order valence-electron chi connectivity index (χ4n) is 1.93. The zero-order valence-corrected chi connectivity index (χ0v) is 13.1. The number of nitrogens with zero attached hydrogens (tertiary/aromatic N) is 1. The van der Waals surface area contributed by atoms with Gasteiger partial charge in [0.05, 0.1) is 4.92 Å². The van der Waals surface area contributed by atoms with Crippen LogP contribution in [0, 0.1) is 10.1 Å². The summed E-state index contributed by atoms with van der Waals surface area (Å²) in [4.78, 5) is 11.0. The van der Waals surface area contributed by atoms with Crippen LogP contribution in [0.25, 0.3) is 0 Å². The molecule has 0 fully saturated rings. The van der Waals surface area contributed by atoms with Gasteiger partial charge in [0.2, 0.25) is 0 Å². The number of thioether (sulfide) groups is 1. The van der Waals surface area contributed by atoms with E-state index >= 15 is 0 Å². The Kier molecular flexibility index (Phi) is 7.22. The number of nitro groups is 1. The molecule has 2 N–H and O–H groups in total. The summed E-state index contributed by atoms with van der Waals surface area (Å²) in [6, 6.07) is 5.55. The highest BCUT2D eigenvalue weighted by Gasteiger charge is 2.20. The minimum absolute atomic E-state index is 0.129. The second-order valence-electron chi connectivity index (χ2n) is 4.52. The molecule has 1 aromatic carbocycles. The van der Waals surface area contributed by atoms with Gasteiger partial charge in [0.25, 0.3) is 0 Å². The summed E-state index contributed by atoms with van der Waals surface area (Å²) in [5.74, 6) is 2.16. The molecular formula is C14H23N3O2S. The first-order valence-electron chi connectivity index (χ1n) is 6.95. The van der Waals surface area contributed by atoms with Crippen molar-refractivity contribution in [3.63, 3.8) is 0 Å². The Labute approximate surface area is 124 Å². The summed E-state index contributed by atoms with van der Waals surface area (Å²) < 4.78 is 0. The Balaban J connectivity index is 2.83. The third-order valence-corrected chi connectivity index (χ3v) is 3.82. The summed E-state index contributed by atoms with van der Waals surface area (Å²) >= 11 is 1.88. The molecule has 0 amide bonds. The van der Waals surface area contributed by atoms with Crippen LogP contribution in [0.5, 0.6) is 0 Å². The molecule has 0 saturated heterocycles. The normalized spacial score (nSPS) is 11.9. The number of hydrogen-bond acceptors (Lipinski definition) is 5. The van der Waals surface area contributed by atoms with E-state index in [0.717, 1.165) is 17.9 Å². The van der Waals surface area contributed by atoms with Gasteiger partial charge in [-0.15, -0.1) is 0 Å². The van der Waals surface area contributed by atoms with Gasteiger partial charge in [-0.2, -0.15) is 11.8 Å². The van der Waals surface area contributed by atoms with Gasteiger partial charge in [0.1, 0.15) is 11.4 Å². The van der Waals surface area contributed by atoms with Crippen molar-refractivity contribution in [3.05, 3.63) is 28.3 Å². The van der Waals surface area contributed by atoms with Crippen LogP contribution in [0.2, 0.25) is 0 Å². The highest BCUT2D eigenvalue weighted by atomic mass is 32.2. The number of nitrogens with one attached hydrogen (secondary N) is 2. The van der Waals surface area contributed by atoms with Crippen LogP contribution >= 0.6 is 11.8 Å². The Morgan fingerprint density at radius 1 is 1.35 bits per heavy atom. The van der Waals surface area contributed by atoms with Crippen LogP contribution in [-0.2, 0) is 0 Å². The lowest BCUT2D eigenvalue weighted by Gasteiger charge is -2.16. The largest absolute Gasteiger partial charge is 0.380 e. The van der Waals surface area contributed by atoms with Gasteiger partial charge in [0.15, 0.2) is 0 Å². The molecule has 1 aromatic rings. The highest BCUT2D eigenvalue weighted by molar-refractivity contribution is 7.99. The second kappa shape index (κ2) is 8.68. The van der Waals surface area contributed by atoms with E-state index in [2.05, 4.69) is 24.5 Å². The Hall–Kier alpha value is -1.43. The van der Waals surface area contributed by atoms with Crippen molar-refractivity contribution in [1.29, 1.82) is 0 Å². The van der Waals surface area contributed by atoms with Gasteiger partial charge >= 0.3 is 5.69 Å². The molecule has 5 nitrogen and oxygen atoms in total. The first-order chi connectivity index (χ1) is 9.60. The Bertz CT molecular complexity index is 440. The van der Waals surface area contributed by atoms with Crippen molar-refractivity contribution >= 4 is 28.8 Å².